The van der Waals surface area contributed by atoms with Gasteiger partial charge in [0.25, 0.3) is 0 Å². The summed E-state index contributed by atoms with van der Waals surface area (Å²) in [6.45, 7) is 6.96. The molecule has 7 nitrogen and oxygen atoms in total. The van der Waals surface area contributed by atoms with Crippen LogP contribution in [0.4, 0.5) is 15.3 Å². The zero-order valence-corrected chi connectivity index (χ0v) is 19.6. The quantitative estimate of drug-likeness (QED) is 0.652. The van der Waals surface area contributed by atoms with E-state index in [1.807, 2.05) is 75.4 Å². The number of nitrogens with one attached hydrogen (secondary N) is 1. The molecular formula is C26H34N2O5. The molecule has 0 unspecified atom stereocenters. The molecule has 1 saturated heterocycles. The first-order chi connectivity index (χ1) is 15.7. The lowest BCUT2D eigenvalue weighted by Crippen LogP contribution is -2.37. The molecule has 2 aromatic carbocycles. The maximum Gasteiger partial charge on any atom is 0.411 e. The highest BCUT2D eigenvalue weighted by molar-refractivity contribution is 5.84. The van der Waals surface area contributed by atoms with Gasteiger partial charge in [-0.3, -0.25) is 5.32 Å². The highest BCUT2D eigenvalue weighted by atomic mass is 16.6. The number of benzene rings is 2. The van der Waals surface area contributed by atoms with E-state index in [1.165, 1.54) is 0 Å². The molecule has 0 aromatic heterocycles. The molecular weight excluding hydrogens is 420 g/mol. The maximum atomic E-state index is 12.5. The molecule has 1 aliphatic rings. The molecule has 2 aromatic rings. The molecule has 0 bridgehead atoms. The van der Waals surface area contributed by atoms with E-state index in [4.69, 9.17) is 9.47 Å². The smallest absolute Gasteiger partial charge is 0.411 e. The number of likely N-dealkylation sites (tertiary alicyclic amines) is 1. The molecule has 0 radical (unpaired) electrons. The summed E-state index contributed by atoms with van der Waals surface area (Å²) in [6.07, 6.45) is 0.610. The fourth-order valence-corrected chi connectivity index (χ4v) is 4.02. The minimum absolute atomic E-state index is 0.0482. The van der Waals surface area contributed by atoms with Gasteiger partial charge in [-0.25, -0.2) is 9.59 Å². The van der Waals surface area contributed by atoms with Crippen LogP contribution in [0.1, 0.15) is 50.7 Å². The zero-order valence-electron chi connectivity index (χ0n) is 19.6. The molecule has 7 heteroatoms. The van der Waals surface area contributed by atoms with Crippen molar-refractivity contribution in [3.63, 3.8) is 0 Å². The van der Waals surface area contributed by atoms with Crippen molar-refractivity contribution in [1.82, 2.24) is 4.90 Å². The van der Waals surface area contributed by atoms with E-state index in [2.05, 4.69) is 5.32 Å². The van der Waals surface area contributed by atoms with Crippen LogP contribution in [0.3, 0.4) is 0 Å². The topological polar surface area (TPSA) is 88.1 Å². The van der Waals surface area contributed by atoms with Gasteiger partial charge in [-0.1, -0.05) is 42.5 Å². The van der Waals surface area contributed by atoms with E-state index >= 15 is 0 Å². The molecule has 0 spiro atoms. The van der Waals surface area contributed by atoms with Crippen LogP contribution in [-0.4, -0.2) is 47.5 Å². The second-order valence-corrected chi connectivity index (χ2v) is 9.40. The van der Waals surface area contributed by atoms with Crippen LogP contribution in [0, 0.1) is 5.92 Å². The van der Waals surface area contributed by atoms with Crippen molar-refractivity contribution in [3.8, 4) is 0 Å². The number of amides is 2. The van der Waals surface area contributed by atoms with E-state index in [0.717, 1.165) is 17.5 Å². The summed E-state index contributed by atoms with van der Waals surface area (Å²) in [5.41, 5.74) is 2.10. The summed E-state index contributed by atoms with van der Waals surface area (Å²) in [4.78, 5) is 26.3. The number of hydrogen-bond donors (Lipinski definition) is 2. The average Bonchev–Trinajstić information content (AvgIpc) is 3.00. The molecule has 1 heterocycles. The Hall–Kier alpha value is -3.06. The second kappa shape index (κ2) is 11.2. The van der Waals surface area contributed by atoms with Crippen LogP contribution in [0.15, 0.2) is 54.6 Å². The number of rotatable bonds is 5. The van der Waals surface area contributed by atoms with Crippen molar-refractivity contribution in [3.05, 3.63) is 65.7 Å². The molecule has 2 amide bonds. The first-order valence-electron chi connectivity index (χ1n) is 11.4. The van der Waals surface area contributed by atoms with E-state index < -0.39 is 11.7 Å². The van der Waals surface area contributed by atoms with Gasteiger partial charge in [-0.05, 0) is 68.7 Å². The van der Waals surface area contributed by atoms with Crippen LogP contribution in [0.25, 0.3) is 0 Å². The normalized spacial score (nSPS) is 18.8. The number of ether oxygens (including phenoxy) is 2. The average molecular weight is 455 g/mol. The molecule has 1 fully saturated rings. The summed E-state index contributed by atoms with van der Waals surface area (Å²) in [5.74, 6) is 0.161. The van der Waals surface area contributed by atoms with Crippen molar-refractivity contribution < 1.29 is 24.2 Å². The van der Waals surface area contributed by atoms with Crippen LogP contribution in [0.2, 0.25) is 0 Å². The minimum atomic E-state index is -0.537. The van der Waals surface area contributed by atoms with Crippen molar-refractivity contribution in [2.24, 2.45) is 5.92 Å². The Balaban J connectivity index is 1.58. The lowest BCUT2D eigenvalue weighted by Gasteiger charge is -2.26. The number of aliphatic hydroxyl groups is 1. The fourth-order valence-electron chi connectivity index (χ4n) is 4.02. The van der Waals surface area contributed by atoms with Gasteiger partial charge in [-0.2, -0.15) is 0 Å². The highest BCUT2D eigenvalue weighted by Crippen LogP contribution is 2.34. The summed E-state index contributed by atoms with van der Waals surface area (Å²) in [5, 5.41) is 12.7. The molecule has 0 aliphatic carbocycles. The Labute approximate surface area is 195 Å². The predicted molar refractivity (Wildman–Crippen MR) is 127 cm³/mol. The zero-order chi connectivity index (χ0) is 23.8. The van der Waals surface area contributed by atoms with Gasteiger partial charge in [0.2, 0.25) is 0 Å². The van der Waals surface area contributed by atoms with Gasteiger partial charge >= 0.3 is 12.2 Å². The maximum absolute atomic E-state index is 12.5. The monoisotopic (exact) mass is 454 g/mol. The molecule has 2 atom stereocenters. The Kier molecular flexibility index (Phi) is 8.33. The Morgan fingerprint density at radius 3 is 2.33 bits per heavy atom. The molecule has 178 valence electrons. The molecule has 3 rings (SSSR count). The third kappa shape index (κ3) is 7.49. The van der Waals surface area contributed by atoms with Crippen molar-refractivity contribution >= 4 is 17.9 Å². The molecule has 33 heavy (non-hydrogen) atoms. The third-order valence-corrected chi connectivity index (χ3v) is 5.73. The predicted octanol–water partition coefficient (Wildman–Crippen LogP) is 5.16. The lowest BCUT2D eigenvalue weighted by molar-refractivity contribution is 0.0253. The van der Waals surface area contributed by atoms with Crippen LogP contribution >= 0.6 is 0 Å². The van der Waals surface area contributed by atoms with E-state index in [-0.39, 0.29) is 31.1 Å². The van der Waals surface area contributed by atoms with E-state index in [1.54, 1.807) is 4.90 Å². The van der Waals surface area contributed by atoms with E-state index in [9.17, 15) is 14.7 Å². The van der Waals surface area contributed by atoms with Crippen molar-refractivity contribution in [2.45, 2.75) is 51.7 Å². The standard InChI is InChI=1S/C26H34N2O5/c1-26(2,3)33-25(31)28-15-13-21(17-29)23(14-16-28)20-9-11-22(12-10-20)27-24(30)32-18-19-7-5-4-6-8-19/h4-12,21,23,29H,13-18H2,1-3H3,(H,27,30)/t21-,23-/m0/s1. The second-order valence-electron chi connectivity index (χ2n) is 9.40. The van der Waals surface area contributed by atoms with Gasteiger partial charge < -0.3 is 19.5 Å². The molecule has 0 saturated carbocycles. The van der Waals surface area contributed by atoms with Gasteiger partial charge in [0.05, 0.1) is 0 Å². The first-order valence-corrected chi connectivity index (χ1v) is 11.4. The lowest BCUT2D eigenvalue weighted by atomic mass is 9.83. The van der Waals surface area contributed by atoms with Crippen LogP contribution < -0.4 is 5.32 Å². The number of carbonyl (C=O) groups excluding carboxylic acids is 2. The molecule has 2 N–H and O–H groups in total. The van der Waals surface area contributed by atoms with Gasteiger partial charge in [0.15, 0.2) is 0 Å². The Morgan fingerprint density at radius 1 is 1.03 bits per heavy atom. The number of nitrogens with zero attached hydrogens (tertiary/aromatic N) is 1. The summed E-state index contributed by atoms with van der Waals surface area (Å²) >= 11 is 0. The SMILES string of the molecule is CC(C)(C)OC(=O)N1CC[C@@H](CO)[C@H](c2ccc(NC(=O)OCc3ccccc3)cc2)CC1. The van der Waals surface area contributed by atoms with Crippen LogP contribution in [-0.2, 0) is 16.1 Å². The number of carbonyl (C=O) groups is 2. The largest absolute Gasteiger partial charge is 0.444 e. The molecule has 1 aliphatic heterocycles. The number of aliphatic hydroxyl groups excluding tert-OH is 1. The van der Waals surface area contributed by atoms with Crippen molar-refractivity contribution in [2.75, 3.05) is 25.0 Å². The van der Waals surface area contributed by atoms with Crippen molar-refractivity contribution in [1.29, 1.82) is 0 Å². The number of anilines is 1. The fraction of sp³-hybridized carbons (Fsp3) is 0.462. The Bertz CT molecular complexity index is 909. The Morgan fingerprint density at radius 2 is 1.70 bits per heavy atom. The number of hydrogen-bond acceptors (Lipinski definition) is 5. The van der Waals surface area contributed by atoms with Gasteiger partial charge in [-0.15, -0.1) is 0 Å². The minimum Gasteiger partial charge on any atom is -0.444 e. The van der Waals surface area contributed by atoms with Gasteiger partial charge in [0, 0.05) is 25.4 Å². The summed E-state index contributed by atoms with van der Waals surface area (Å²) < 4.78 is 10.8. The summed E-state index contributed by atoms with van der Waals surface area (Å²) in [7, 11) is 0. The van der Waals surface area contributed by atoms with E-state index in [0.29, 0.717) is 25.2 Å². The van der Waals surface area contributed by atoms with Gasteiger partial charge in [0.1, 0.15) is 12.2 Å². The highest BCUT2D eigenvalue weighted by Gasteiger charge is 2.31. The third-order valence-electron chi connectivity index (χ3n) is 5.73. The first kappa shape index (κ1) is 24.6. The summed E-state index contributed by atoms with van der Waals surface area (Å²) in [6, 6.07) is 17.1. The van der Waals surface area contributed by atoms with Crippen LogP contribution in [0.5, 0.6) is 0 Å².